The van der Waals surface area contributed by atoms with Gasteiger partial charge in [0.05, 0.1) is 39.6 Å². The smallest absolute Gasteiger partial charge is 0.325 e. The highest BCUT2D eigenvalue weighted by Crippen LogP contribution is 2.15. The normalized spacial score (nSPS) is 10.8. The summed E-state index contributed by atoms with van der Waals surface area (Å²) in [6.07, 6.45) is 0. The average molecular weight is 532 g/mol. The standard InChI is InChI=1S/C30H33N3O6/c1-4-10-25(11-5-1)22-34-16-19-37-28-31-29(38-20-17-35-23-26-12-6-2-7-13-26)33-30(32-28)39-21-18-36-24-27-14-8-3-9-15-27/h1-15H,16-24H2. The van der Waals surface area contributed by atoms with Crippen LogP contribution in [0.1, 0.15) is 16.7 Å². The van der Waals surface area contributed by atoms with Gasteiger partial charge in [0.1, 0.15) is 19.8 Å². The fraction of sp³-hybridized carbons (Fsp3) is 0.300. The number of hydrogen-bond donors (Lipinski definition) is 0. The lowest BCUT2D eigenvalue weighted by Crippen LogP contribution is -2.14. The fourth-order valence-electron chi connectivity index (χ4n) is 3.38. The highest BCUT2D eigenvalue weighted by Gasteiger charge is 2.11. The topological polar surface area (TPSA) is 94.1 Å². The second kappa shape index (κ2) is 16.7. The van der Waals surface area contributed by atoms with Gasteiger partial charge in [0, 0.05) is 0 Å². The Hall–Kier alpha value is -4.05. The quantitative estimate of drug-likeness (QED) is 0.170. The van der Waals surface area contributed by atoms with Gasteiger partial charge in [-0.1, -0.05) is 91.0 Å². The largest absolute Gasteiger partial charge is 0.461 e. The molecule has 0 radical (unpaired) electrons. The Labute approximate surface area is 228 Å². The first-order valence-electron chi connectivity index (χ1n) is 12.8. The van der Waals surface area contributed by atoms with E-state index in [2.05, 4.69) is 15.0 Å². The van der Waals surface area contributed by atoms with E-state index in [0.717, 1.165) is 16.7 Å². The fourth-order valence-corrected chi connectivity index (χ4v) is 3.38. The number of nitrogens with zero attached hydrogens (tertiary/aromatic N) is 3. The second-order valence-corrected chi connectivity index (χ2v) is 8.34. The molecule has 0 amide bonds. The molecular formula is C30H33N3O6. The first-order chi connectivity index (χ1) is 19.3. The SMILES string of the molecule is c1ccc(COCCOc2nc(OCCOCc3ccccc3)nc(OCCOCc3ccccc3)n2)cc1. The summed E-state index contributed by atoms with van der Waals surface area (Å²) in [5.41, 5.74) is 3.27. The highest BCUT2D eigenvalue weighted by molar-refractivity contribution is 5.15. The molecule has 4 aromatic rings. The molecule has 4 rings (SSSR count). The van der Waals surface area contributed by atoms with E-state index in [1.807, 2.05) is 91.0 Å². The molecule has 0 unspecified atom stereocenters. The van der Waals surface area contributed by atoms with Crippen molar-refractivity contribution < 1.29 is 28.4 Å². The monoisotopic (exact) mass is 531 g/mol. The van der Waals surface area contributed by atoms with Crippen molar-refractivity contribution in [3.05, 3.63) is 108 Å². The van der Waals surface area contributed by atoms with Crippen LogP contribution in [0.25, 0.3) is 0 Å². The van der Waals surface area contributed by atoms with Crippen molar-refractivity contribution >= 4 is 0 Å². The Morgan fingerprint density at radius 1 is 0.359 bits per heavy atom. The molecule has 9 heteroatoms. The second-order valence-electron chi connectivity index (χ2n) is 8.34. The Balaban J connectivity index is 1.23. The van der Waals surface area contributed by atoms with Crippen molar-refractivity contribution in [1.29, 1.82) is 0 Å². The van der Waals surface area contributed by atoms with E-state index in [4.69, 9.17) is 28.4 Å². The van der Waals surface area contributed by atoms with Crippen molar-refractivity contribution in [2.24, 2.45) is 0 Å². The lowest BCUT2D eigenvalue weighted by molar-refractivity contribution is 0.0758. The van der Waals surface area contributed by atoms with Crippen LogP contribution in [0.5, 0.6) is 18.0 Å². The molecule has 1 heterocycles. The van der Waals surface area contributed by atoms with Crippen LogP contribution in [-0.4, -0.2) is 54.6 Å². The molecule has 0 saturated heterocycles. The van der Waals surface area contributed by atoms with Crippen LogP contribution in [0.4, 0.5) is 0 Å². The zero-order chi connectivity index (χ0) is 26.8. The molecule has 9 nitrogen and oxygen atoms in total. The van der Waals surface area contributed by atoms with Crippen LogP contribution in [-0.2, 0) is 34.0 Å². The minimum absolute atomic E-state index is 0.0914. The van der Waals surface area contributed by atoms with Gasteiger partial charge in [-0.15, -0.1) is 15.0 Å². The minimum Gasteiger partial charge on any atom is -0.461 e. The number of benzene rings is 3. The molecule has 0 fully saturated rings. The summed E-state index contributed by atoms with van der Waals surface area (Å²) in [7, 11) is 0. The maximum atomic E-state index is 5.69. The van der Waals surface area contributed by atoms with Gasteiger partial charge in [-0.25, -0.2) is 0 Å². The van der Waals surface area contributed by atoms with Crippen molar-refractivity contribution in [2.75, 3.05) is 39.6 Å². The third kappa shape index (κ3) is 11.1. The number of rotatable bonds is 18. The van der Waals surface area contributed by atoms with Crippen molar-refractivity contribution in [3.63, 3.8) is 0 Å². The minimum atomic E-state index is 0.0914. The Morgan fingerprint density at radius 3 is 0.923 bits per heavy atom. The zero-order valence-electron chi connectivity index (χ0n) is 21.8. The van der Waals surface area contributed by atoms with Gasteiger partial charge >= 0.3 is 18.0 Å². The Kier molecular flexibility index (Phi) is 12.0. The maximum absolute atomic E-state index is 5.69. The molecule has 0 aliphatic carbocycles. The third-order valence-corrected chi connectivity index (χ3v) is 5.29. The van der Waals surface area contributed by atoms with Crippen molar-refractivity contribution in [3.8, 4) is 18.0 Å². The molecule has 39 heavy (non-hydrogen) atoms. The summed E-state index contributed by atoms with van der Waals surface area (Å²) in [5.74, 6) is 0. The van der Waals surface area contributed by atoms with E-state index in [1.54, 1.807) is 0 Å². The zero-order valence-corrected chi connectivity index (χ0v) is 21.8. The number of ether oxygens (including phenoxy) is 6. The van der Waals surface area contributed by atoms with E-state index in [-0.39, 0.29) is 37.9 Å². The molecule has 0 N–H and O–H groups in total. The van der Waals surface area contributed by atoms with Crippen LogP contribution >= 0.6 is 0 Å². The summed E-state index contributed by atoms with van der Waals surface area (Å²) < 4.78 is 34.1. The van der Waals surface area contributed by atoms with Gasteiger partial charge in [-0.05, 0) is 16.7 Å². The molecule has 0 saturated carbocycles. The van der Waals surface area contributed by atoms with Crippen LogP contribution in [0.3, 0.4) is 0 Å². The van der Waals surface area contributed by atoms with Crippen LogP contribution in [0, 0.1) is 0 Å². The summed E-state index contributed by atoms with van der Waals surface area (Å²) in [4.78, 5) is 12.7. The van der Waals surface area contributed by atoms with Gasteiger partial charge in [0.2, 0.25) is 0 Å². The Bertz CT molecular complexity index is 1040. The summed E-state index contributed by atoms with van der Waals surface area (Å²) in [6.45, 7) is 3.37. The molecule has 3 aromatic carbocycles. The summed E-state index contributed by atoms with van der Waals surface area (Å²) >= 11 is 0. The van der Waals surface area contributed by atoms with E-state index in [1.165, 1.54) is 0 Å². The number of aromatic nitrogens is 3. The van der Waals surface area contributed by atoms with Crippen LogP contribution in [0.2, 0.25) is 0 Å². The van der Waals surface area contributed by atoms with Crippen LogP contribution < -0.4 is 14.2 Å². The number of hydrogen-bond acceptors (Lipinski definition) is 9. The molecule has 0 aliphatic heterocycles. The molecule has 0 spiro atoms. The Morgan fingerprint density at radius 2 is 0.641 bits per heavy atom. The lowest BCUT2D eigenvalue weighted by Gasteiger charge is -2.11. The summed E-state index contributed by atoms with van der Waals surface area (Å²) in [6, 6.07) is 30.1. The van der Waals surface area contributed by atoms with Crippen molar-refractivity contribution in [2.45, 2.75) is 19.8 Å². The first-order valence-corrected chi connectivity index (χ1v) is 12.8. The summed E-state index contributed by atoms with van der Waals surface area (Å²) in [5, 5.41) is 0. The molecule has 204 valence electrons. The van der Waals surface area contributed by atoms with Gasteiger partial charge in [-0.3, -0.25) is 0 Å². The van der Waals surface area contributed by atoms with E-state index < -0.39 is 0 Å². The third-order valence-electron chi connectivity index (χ3n) is 5.29. The lowest BCUT2D eigenvalue weighted by atomic mass is 10.2. The molecule has 0 atom stereocenters. The van der Waals surface area contributed by atoms with Gasteiger partial charge < -0.3 is 28.4 Å². The molecule has 0 aliphatic rings. The predicted octanol–water partition coefficient (Wildman–Crippen LogP) is 4.66. The van der Waals surface area contributed by atoms with Crippen LogP contribution in [0.15, 0.2) is 91.0 Å². The molecule has 0 bridgehead atoms. The van der Waals surface area contributed by atoms with E-state index >= 15 is 0 Å². The molecule has 1 aromatic heterocycles. The van der Waals surface area contributed by atoms with E-state index in [9.17, 15) is 0 Å². The predicted molar refractivity (Wildman–Crippen MR) is 145 cm³/mol. The first kappa shape index (κ1) is 28.0. The van der Waals surface area contributed by atoms with E-state index in [0.29, 0.717) is 39.6 Å². The molecular weight excluding hydrogens is 498 g/mol. The van der Waals surface area contributed by atoms with Gasteiger partial charge in [0.15, 0.2) is 0 Å². The van der Waals surface area contributed by atoms with Gasteiger partial charge in [0.25, 0.3) is 0 Å². The van der Waals surface area contributed by atoms with Gasteiger partial charge in [-0.2, -0.15) is 0 Å². The van der Waals surface area contributed by atoms with Crippen molar-refractivity contribution in [1.82, 2.24) is 15.0 Å². The maximum Gasteiger partial charge on any atom is 0.325 e. The average Bonchev–Trinajstić information content (AvgIpc) is 2.98. The highest BCUT2D eigenvalue weighted by atomic mass is 16.6.